The van der Waals surface area contributed by atoms with Crippen LogP contribution in [0.25, 0.3) is 11.0 Å². The molecule has 1 aromatic carbocycles. The van der Waals surface area contributed by atoms with E-state index in [1.165, 1.54) is 5.52 Å². The highest BCUT2D eigenvalue weighted by Crippen LogP contribution is 2.34. The predicted octanol–water partition coefficient (Wildman–Crippen LogP) is 3.19. The number of benzene rings is 1. The van der Waals surface area contributed by atoms with Gasteiger partial charge in [-0.2, -0.15) is 4.98 Å². The molecule has 6 nitrogen and oxygen atoms in total. The van der Waals surface area contributed by atoms with Crippen LogP contribution in [0.15, 0.2) is 36.5 Å². The first-order valence-corrected chi connectivity index (χ1v) is 8.57. The molecule has 0 amide bonds. The number of hydrogen-bond donors (Lipinski definition) is 0. The quantitative estimate of drug-likeness (QED) is 0.735. The SMILES string of the molecule is COc1ccnc(N2CC(n3c(C(C)(C)C)nc4ccccc43)C2)n1. The smallest absolute Gasteiger partial charge is 0.228 e. The summed E-state index contributed by atoms with van der Waals surface area (Å²) in [6.45, 7) is 8.39. The first-order valence-electron chi connectivity index (χ1n) is 8.57. The summed E-state index contributed by atoms with van der Waals surface area (Å²) in [5.41, 5.74) is 2.25. The van der Waals surface area contributed by atoms with Gasteiger partial charge in [-0.25, -0.2) is 9.97 Å². The number of nitrogens with zero attached hydrogens (tertiary/aromatic N) is 5. The van der Waals surface area contributed by atoms with E-state index in [0.29, 0.717) is 11.9 Å². The molecule has 2 aromatic heterocycles. The Morgan fingerprint density at radius 3 is 2.56 bits per heavy atom. The highest BCUT2D eigenvalue weighted by Gasteiger charge is 2.35. The van der Waals surface area contributed by atoms with Crippen LogP contribution in [0.2, 0.25) is 0 Å². The molecular formula is C19H23N5O. The minimum absolute atomic E-state index is 0.00803. The molecule has 1 aliphatic rings. The van der Waals surface area contributed by atoms with E-state index in [9.17, 15) is 0 Å². The molecule has 130 valence electrons. The van der Waals surface area contributed by atoms with Gasteiger partial charge in [0.15, 0.2) is 0 Å². The van der Waals surface area contributed by atoms with Gasteiger partial charge in [0.25, 0.3) is 0 Å². The molecule has 3 aromatic rings. The minimum Gasteiger partial charge on any atom is -0.481 e. The van der Waals surface area contributed by atoms with E-state index in [1.54, 1.807) is 19.4 Å². The summed E-state index contributed by atoms with van der Waals surface area (Å²) in [4.78, 5) is 15.9. The first kappa shape index (κ1) is 15.9. The Balaban J connectivity index is 1.65. The van der Waals surface area contributed by atoms with Gasteiger partial charge >= 0.3 is 0 Å². The summed E-state index contributed by atoms with van der Waals surface area (Å²) in [6.07, 6.45) is 1.74. The highest BCUT2D eigenvalue weighted by molar-refractivity contribution is 5.76. The number of fused-ring (bicyclic) bond motifs is 1. The number of anilines is 1. The minimum atomic E-state index is -0.00803. The molecule has 1 aliphatic heterocycles. The van der Waals surface area contributed by atoms with Gasteiger partial charge in [0, 0.05) is 30.8 Å². The molecular weight excluding hydrogens is 314 g/mol. The fourth-order valence-electron chi connectivity index (χ4n) is 3.32. The molecule has 3 heterocycles. The van der Waals surface area contributed by atoms with Gasteiger partial charge < -0.3 is 14.2 Å². The van der Waals surface area contributed by atoms with Gasteiger partial charge in [-0.1, -0.05) is 32.9 Å². The van der Waals surface area contributed by atoms with E-state index in [1.807, 2.05) is 6.07 Å². The average molecular weight is 337 g/mol. The molecule has 25 heavy (non-hydrogen) atoms. The van der Waals surface area contributed by atoms with Gasteiger partial charge in [0.1, 0.15) is 5.82 Å². The Hall–Kier alpha value is -2.63. The zero-order valence-corrected chi connectivity index (χ0v) is 15.1. The zero-order chi connectivity index (χ0) is 17.6. The van der Waals surface area contributed by atoms with Crippen molar-refractivity contribution < 1.29 is 4.74 Å². The third-order valence-electron chi connectivity index (χ3n) is 4.60. The number of methoxy groups -OCH3 is 1. The van der Waals surface area contributed by atoms with Crippen LogP contribution in [-0.4, -0.2) is 39.7 Å². The van der Waals surface area contributed by atoms with E-state index in [-0.39, 0.29) is 5.41 Å². The molecule has 1 fully saturated rings. The molecule has 6 heteroatoms. The standard InChI is InChI=1S/C19H23N5O/c1-19(2,3)17-21-14-7-5-6-8-15(14)24(17)13-11-23(12-13)18-20-10-9-16(22-18)25-4/h5-10,13H,11-12H2,1-4H3. The number of imidazole rings is 1. The highest BCUT2D eigenvalue weighted by atomic mass is 16.5. The number of ether oxygens (including phenoxy) is 1. The molecule has 0 saturated carbocycles. The molecule has 0 unspecified atom stereocenters. The lowest BCUT2D eigenvalue weighted by molar-refractivity contribution is 0.364. The van der Waals surface area contributed by atoms with Crippen LogP contribution in [0, 0.1) is 0 Å². The van der Waals surface area contributed by atoms with E-state index >= 15 is 0 Å². The van der Waals surface area contributed by atoms with Crippen LogP contribution in [0.5, 0.6) is 5.88 Å². The third kappa shape index (κ3) is 2.71. The van der Waals surface area contributed by atoms with Crippen molar-refractivity contribution in [1.82, 2.24) is 19.5 Å². The normalized spacial score (nSPS) is 15.4. The van der Waals surface area contributed by atoms with Crippen molar-refractivity contribution in [3.63, 3.8) is 0 Å². The van der Waals surface area contributed by atoms with Crippen LogP contribution >= 0.6 is 0 Å². The summed E-state index contributed by atoms with van der Waals surface area (Å²) in [5, 5.41) is 0. The lowest BCUT2D eigenvalue weighted by Crippen LogP contribution is -2.49. The Morgan fingerprint density at radius 2 is 1.84 bits per heavy atom. The fraction of sp³-hybridized carbons (Fsp3) is 0.421. The van der Waals surface area contributed by atoms with Gasteiger partial charge in [-0.3, -0.25) is 0 Å². The molecule has 1 saturated heterocycles. The Labute approximate surface area is 147 Å². The lowest BCUT2D eigenvalue weighted by atomic mass is 9.94. The van der Waals surface area contributed by atoms with E-state index in [0.717, 1.165) is 30.4 Å². The largest absolute Gasteiger partial charge is 0.481 e. The number of rotatable bonds is 3. The van der Waals surface area contributed by atoms with Crippen molar-refractivity contribution in [2.75, 3.05) is 25.1 Å². The van der Waals surface area contributed by atoms with Crippen molar-refractivity contribution in [1.29, 1.82) is 0 Å². The van der Waals surface area contributed by atoms with Crippen molar-refractivity contribution in [2.45, 2.75) is 32.2 Å². The maximum atomic E-state index is 5.20. The topological polar surface area (TPSA) is 56.1 Å². The first-order chi connectivity index (χ1) is 12.0. The molecule has 0 radical (unpaired) electrons. The number of hydrogen-bond acceptors (Lipinski definition) is 5. The van der Waals surface area contributed by atoms with Crippen LogP contribution in [0.3, 0.4) is 0 Å². The van der Waals surface area contributed by atoms with Crippen LogP contribution in [0.1, 0.15) is 32.6 Å². The lowest BCUT2D eigenvalue weighted by Gasteiger charge is -2.41. The fourth-order valence-corrected chi connectivity index (χ4v) is 3.32. The monoisotopic (exact) mass is 337 g/mol. The molecule has 0 N–H and O–H groups in total. The van der Waals surface area contributed by atoms with Crippen molar-refractivity contribution in [2.24, 2.45) is 0 Å². The Morgan fingerprint density at radius 1 is 1.08 bits per heavy atom. The molecule has 0 bridgehead atoms. The maximum absolute atomic E-state index is 5.20. The second-order valence-electron chi connectivity index (χ2n) is 7.50. The molecule has 0 spiro atoms. The van der Waals surface area contributed by atoms with Crippen molar-refractivity contribution in [3.8, 4) is 5.88 Å². The maximum Gasteiger partial charge on any atom is 0.228 e. The van der Waals surface area contributed by atoms with E-state index in [4.69, 9.17) is 9.72 Å². The predicted molar refractivity (Wildman–Crippen MR) is 98.3 cm³/mol. The molecule has 0 aliphatic carbocycles. The third-order valence-corrected chi connectivity index (χ3v) is 4.60. The van der Waals surface area contributed by atoms with E-state index in [2.05, 4.69) is 58.4 Å². The molecule has 0 atom stereocenters. The van der Waals surface area contributed by atoms with Gasteiger partial charge in [-0.05, 0) is 12.1 Å². The summed E-state index contributed by atoms with van der Waals surface area (Å²) in [7, 11) is 1.62. The summed E-state index contributed by atoms with van der Waals surface area (Å²) in [5.74, 6) is 2.44. The average Bonchev–Trinajstić information content (AvgIpc) is 2.94. The van der Waals surface area contributed by atoms with Crippen molar-refractivity contribution in [3.05, 3.63) is 42.4 Å². The van der Waals surface area contributed by atoms with Crippen molar-refractivity contribution >= 4 is 17.0 Å². The Bertz CT molecular complexity index is 906. The van der Waals surface area contributed by atoms with Crippen LogP contribution in [0.4, 0.5) is 5.95 Å². The number of para-hydroxylation sites is 2. The molecule has 4 rings (SSSR count). The van der Waals surface area contributed by atoms with Crippen LogP contribution in [-0.2, 0) is 5.41 Å². The second kappa shape index (κ2) is 5.72. The van der Waals surface area contributed by atoms with Gasteiger partial charge in [0.05, 0.1) is 24.2 Å². The van der Waals surface area contributed by atoms with Gasteiger partial charge in [0.2, 0.25) is 11.8 Å². The number of aromatic nitrogens is 4. The summed E-state index contributed by atoms with van der Waals surface area (Å²) < 4.78 is 7.60. The summed E-state index contributed by atoms with van der Waals surface area (Å²) in [6, 6.07) is 10.5. The van der Waals surface area contributed by atoms with Gasteiger partial charge in [-0.15, -0.1) is 0 Å². The second-order valence-corrected chi connectivity index (χ2v) is 7.50. The zero-order valence-electron chi connectivity index (χ0n) is 15.1. The Kier molecular flexibility index (Phi) is 3.63. The van der Waals surface area contributed by atoms with Crippen LogP contribution < -0.4 is 9.64 Å². The van der Waals surface area contributed by atoms with E-state index < -0.39 is 0 Å². The summed E-state index contributed by atoms with van der Waals surface area (Å²) >= 11 is 0.